The van der Waals surface area contributed by atoms with Gasteiger partial charge in [0.1, 0.15) is 6.04 Å². The number of carboxylic acid groups (broad SMARTS) is 1. The first kappa shape index (κ1) is 16.8. The zero-order chi connectivity index (χ0) is 15.0. The van der Waals surface area contributed by atoms with Gasteiger partial charge in [-0.05, 0) is 32.1 Å². The van der Waals surface area contributed by atoms with E-state index >= 15 is 0 Å². The van der Waals surface area contributed by atoms with E-state index in [1.807, 2.05) is 6.92 Å². The summed E-state index contributed by atoms with van der Waals surface area (Å²) >= 11 is 0. The van der Waals surface area contributed by atoms with Crippen molar-refractivity contribution < 1.29 is 19.8 Å². The van der Waals surface area contributed by atoms with E-state index in [0.29, 0.717) is 19.5 Å². The number of nitrogens with zero attached hydrogens (tertiary/aromatic N) is 1. The van der Waals surface area contributed by atoms with Crippen LogP contribution in [-0.4, -0.2) is 52.9 Å². The molecule has 1 unspecified atom stereocenters. The Balaban J connectivity index is 2.59. The molecule has 20 heavy (non-hydrogen) atoms. The van der Waals surface area contributed by atoms with Crippen molar-refractivity contribution in [2.24, 2.45) is 5.92 Å². The number of aliphatic hydroxyl groups excluding tert-OH is 1. The maximum absolute atomic E-state index is 12.1. The topological polar surface area (TPSA) is 89.9 Å². The van der Waals surface area contributed by atoms with Crippen molar-refractivity contribution in [1.82, 2.24) is 10.2 Å². The van der Waals surface area contributed by atoms with Crippen LogP contribution < -0.4 is 5.32 Å². The molecule has 2 amide bonds. The average Bonchev–Trinajstić information content (AvgIpc) is 2.46. The third-order valence-electron chi connectivity index (χ3n) is 3.92. The maximum atomic E-state index is 12.1. The van der Waals surface area contributed by atoms with Gasteiger partial charge in [-0.25, -0.2) is 9.59 Å². The van der Waals surface area contributed by atoms with Crippen LogP contribution in [0.3, 0.4) is 0 Å². The summed E-state index contributed by atoms with van der Waals surface area (Å²) in [6.07, 6.45) is 5.44. The summed E-state index contributed by atoms with van der Waals surface area (Å²) in [7, 11) is 0. The smallest absolute Gasteiger partial charge is 0.326 e. The third-order valence-corrected chi connectivity index (χ3v) is 3.92. The van der Waals surface area contributed by atoms with E-state index in [9.17, 15) is 14.7 Å². The number of urea groups is 1. The summed E-state index contributed by atoms with van der Waals surface area (Å²) in [5.41, 5.74) is 0. The van der Waals surface area contributed by atoms with Gasteiger partial charge in [-0.15, -0.1) is 0 Å². The Kier molecular flexibility index (Phi) is 7.36. The van der Waals surface area contributed by atoms with Gasteiger partial charge in [0.15, 0.2) is 0 Å². The number of carbonyl (C=O) groups excluding carboxylic acids is 1. The van der Waals surface area contributed by atoms with Crippen molar-refractivity contribution >= 4 is 12.0 Å². The lowest BCUT2D eigenvalue weighted by Gasteiger charge is -2.30. The van der Waals surface area contributed by atoms with Gasteiger partial charge in [-0.2, -0.15) is 0 Å². The van der Waals surface area contributed by atoms with Gasteiger partial charge in [0.2, 0.25) is 0 Å². The van der Waals surface area contributed by atoms with Gasteiger partial charge in [-0.1, -0.05) is 19.3 Å². The molecule has 1 fully saturated rings. The van der Waals surface area contributed by atoms with E-state index in [0.717, 1.165) is 32.1 Å². The Labute approximate surface area is 120 Å². The molecule has 0 aromatic heterocycles. The van der Waals surface area contributed by atoms with Crippen LogP contribution in [0.25, 0.3) is 0 Å². The van der Waals surface area contributed by atoms with Crippen molar-refractivity contribution in [1.29, 1.82) is 0 Å². The minimum atomic E-state index is -0.955. The van der Waals surface area contributed by atoms with Crippen LogP contribution >= 0.6 is 0 Å². The fourth-order valence-electron chi connectivity index (χ4n) is 2.74. The number of hydrogen-bond acceptors (Lipinski definition) is 3. The second-order valence-corrected chi connectivity index (χ2v) is 5.32. The van der Waals surface area contributed by atoms with Crippen LogP contribution in [0, 0.1) is 5.92 Å². The highest BCUT2D eigenvalue weighted by Gasteiger charge is 2.31. The molecule has 0 spiro atoms. The number of amides is 2. The lowest BCUT2D eigenvalue weighted by atomic mass is 9.84. The summed E-state index contributed by atoms with van der Waals surface area (Å²) < 4.78 is 0. The fraction of sp³-hybridized carbons (Fsp3) is 0.857. The van der Waals surface area contributed by atoms with Gasteiger partial charge in [0, 0.05) is 19.7 Å². The first-order chi connectivity index (χ1) is 9.60. The molecule has 0 aromatic carbocycles. The van der Waals surface area contributed by atoms with E-state index in [-0.39, 0.29) is 18.6 Å². The average molecular weight is 286 g/mol. The normalized spacial score (nSPS) is 17.5. The molecule has 1 aliphatic carbocycles. The summed E-state index contributed by atoms with van der Waals surface area (Å²) in [4.78, 5) is 25.0. The Hall–Kier alpha value is -1.30. The molecule has 0 aromatic rings. The molecule has 0 radical (unpaired) electrons. The summed E-state index contributed by atoms with van der Waals surface area (Å²) in [6, 6.07) is -1.15. The van der Waals surface area contributed by atoms with E-state index in [1.165, 1.54) is 4.90 Å². The van der Waals surface area contributed by atoms with Crippen LogP contribution in [-0.2, 0) is 4.79 Å². The largest absolute Gasteiger partial charge is 0.480 e. The molecular weight excluding hydrogens is 260 g/mol. The molecule has 0 aliphatic heterocycles. The number of aliphatic hydroxyl groups is 1. The highest BCUT2D eigenvalue weighted by molar-refractivity contribution is 5.82. The van der Waals surface area contributed by atoms with Crippen molar-refractivity contribution in [3.8, 4) is 0 Å². The van der Waals surface area contributed by atoms with Gasteiger partial charge in [0.25, 0.3) is 0 Å². The number of hydrogen-bond donors (Lipinski definition) is 3. The molecule has 0 bridgehead atoms. The standard InChI is InChI=1S/C14H26N2O4/c1-2-16(9-6-10-17)14(20)15-12(13(18)19)11-7-4-3-5-8-11/h11-12,17H,2-10H2,1H3,(H,15,20)(H,18,19). The van der Waals surface area contributed by atoms with E-state index in [2.05, 4.69) is 5.32 Å². The van der Waals surface area contributed by atoms with E-state index in [4.69, 9.17) is 5.11 Å². The lowest BCUT2D eigenvalue weighted by Crippen LogP contribution is -2.51. The zero-order valence-electron chi connectivity index (χ0n) is 12.2. The third kappa shape index (κ3) is 5.00. The van der Waals surface area contributed by atoms with Crippen molar-refractivity contribution in [3.63, 3.8) is 0 Å². The first-order valence-electron chi connectivity index (χ1n) is 7.49. The quantitative estimate of drug-likeness (QED) is 0.660. The van der Waals surface area contributed by atoms with Crippen molar-refractivity contribution in [3.05, 3.63) is 0 Å². The van der Waals surface area contributed by atoms with Crippen molar-refractivity contribution in [2.75, 3.05) is 19.7 Å². The molecule has 116 valence electrons. The number of carbonyl (C=O) groups is 2. The molecule has 1 atom stereocenters. The Morgan fingerprint density at radius 2 is 1.95 bits per heavy atom. The molecular formula is C14H26N2O4. The minimum absolute atomic E-state index is 0.0226. The Morgan fingerprint density at radius 3 is 2.45 bits per heavy atom. The molecule has 1 saturated carbocycles. The number of aliphatic carboxylic acids is 1. The van der Waals surface area contributed by atoms with Gasteiger partial charge < -0.3 is 20.4 Å². The molecule has 3 N–H and O–H groups in total. The second kappa shape index (κ2) is 8.79. The van der Waals surface area contributed by atoms with Gasteiger partial charge in [0.05, 0.1) is 0 Å². The SMILES string of the molecule is CCN(CCCO)C(=O)NC(C(=O)O)C1CCCCC1. The molecule has 0 saturated heterocycles. The second-order valence-electron chi connectivity index (χ2n) is 5.32. The van der Waals surface area contributed by atoms with Crippen LogP contribution in [0.5, 0.6) is 0 Å². The number of carboxylic acids is 1. The molecule has 6 heteroatoms. The summed E-state index contributed by atoms with van der Waals surface area (Å²) in [5.74, 6) is -0.926. The highest BCUT2D eigenvalue weighted by Crippen LogP contribution is 2.26. The number of nitrogens with one attached hydrogen (secondary N) is 1. The van der Waals surface area contributed by atoms with Crippen LogP contribution in [0.2, 0.25) is 0 Å². The Bertz CT molecular complexity index is 316. The van der Waals surface area contributed by atoms with E-state index < -0.39 is 12.0 Å². The van der Waals surface area contributed by atoms with Crippen LogP contribution in [0.4, 0.5) is 4.79 Å². The van der Waals surface area contributed by atoms with Gasteiger partial charge >= 0.3 is 12.0 Å². The van der Waals surface area contributed by atoms with Crippen LogP contribution in [0.1, 0.15) is 45.4 Å². The van der Waals surface area contributed by atoms with Crippen LogP contribution in [0.15, 0.2) is 0 Å². The monoisotopic (exact) mass is 286 g/mol. The molecule has 1 rings (SSSR count). The molecule has 6 nitrogen and oxygen atoms in total. The highest BCUT2D eigenvalue weighted by atomic mass is 16.4. The Morgan fingerprint density at radius 1 is 1.30 bits per heavy atom. The summed E-state index contributed by atoms with van der Waals surface area (Å²) in [5, 5.41) is 20.8. The lowest BCUT2D eigenvalue weighted by molar-refractivity contribution is -0.141. The first-order valence-corrected chi connectivity index (χ1v) is 7.49. The zero-order valence-corrected chi connectivity index (χ0v) is 12.2. The predicted molar refractivity (Wildman–Crippen MR) is 75.5 cm³/mol. The number of rotatable bonds is 7. The molecule has 0 heterocycles. The maximum Gasteiger partial charge on any atom is 0.326 e. The van der Waals surface area contributed by atoms with Crippen molar-refractivity contribution in [2.45, 2.75) is 51.5 Å². The fourth-order valence-corrected chi connectivity index (χ4v) is 2.74. The predicted octanol–water partition coefficient (Wildman–Crippen LogP) is 1.43. The summed E-state index contributed by atoms with van der Waals surface area (Å²) in [6.45, 7) is 2.81. The molecule has 1 aliphatic rings. The van der Waals surface area contributed by atoms with Gasteiger partial charge in [-0.3, -0.25) is 0 Å². The van der Waals surface area contributed by atoms with E-state index in [1.54, 1.807) is 0 Å². The minimum Gasteiger partial charge on any atom is -0.480 e.